The van der Waals surface area contributed by atoms with Gasteiger partial charge < -0.3 is 19.6 Å². The van der Waals surface area contributed by atoms with Crippen LogP contribution in [0.15, 0.2) is 60.7 Å². The molecule has 1 aliphatic carbocycles. The van der Waals surface area contributed by atoms with Crippen molar-refractivity contribution in [3.05, 3.63) is 71.8 Å². The third-order valence-corrected chi connectivity index (χ3v) is 9.03. The molecule has 1 N–H and O–H groups in total. The number of nitrogens with one attached hydrogen (secondary N) is 1. The number of hydrogen-bond acceptors (Lipinski definition) is 4. The Bertz CT molecular complexity index is 1000. The van der Waals surface area contributed by atoms with Crippen molar-refractivity contribution in [1.29, 1.82) is 0 Å². The minimum Gasteiger partial charge on any atom is -0.834 e. The smallest absolute Gasteiger partial charge is 0.304 e. The number of hydrogen-bond donors (Lipinski definition) is 1. The van der Waals surface area contributed by atoms with Crippen LogP contribution in [0.3, 0.4) is 0 Å². The van der Waals surface area contributed by atoms with Crippen molar-refractivity contribution in [2.45, 2.75) is 63.1 Å². The van der Waals surface area contributed by atoms with E-state index in [4.69, 9.17) is 4.74 Å². The Morgan fingerprint density at radius 2 is 1.49 bits per heavy atom. The summed E-state index contributed by atoms with van der Waals surface area (Å²) in [5.74, 6) is 0.0154. The van der Waals surface area contributed by atoms with E-state index in [0.29, 0.717) is 23.6 Å². The maximum atomic E-state index is 14.3. The molecule has 2 aromatic carbocycles. The first-order valence-corrected chi connectivity index (χ1v) is 14.2. The number of esters is 1. The number of amides is 1. The van der Waals surface area contributed by atoms with Gasteiger partial charge in [-0.2, -0.15) is 0 Å². The Balaban J connectivity index is 1.21. The molecule has 3 aliphatic heterocycles. The third-order valence-electron chi connectivity index (χ3n) is 9.03. The quantitative estimate of drug-likeness (QED) is 0.322. The summed E-state index contributed by atoms with van der Waals surface area (Å²) in [6, 6.07) is 17.7. The second-order valence-electron chi connectivity index (χ2n) is 11.4. The SMILES string of the molecule is O=C(NCCC[N+]12CCC(CC1)C(OC(=O)C([O-])(c1ccccc1)c1ccccc1)C2)C1CCCCC1. The first-order valence-electron chi connectivity index (χ1n) is 14.2. The van der Waals surface area contributed by atoms with Gasteiger partial charge in [0.2, 0.25) is 5.91 Å². The number of quaternary nitrogens is 1. The van der Waals surface area contributed by atoms with Gasteiger partial charge in [-0.05, 0) is 24.0 Å². The minimum absolute atomic E-state index is 0.192. The summed E-state index contributed by atoms with van der Waals surface area (Å²) in [5.41, 5.74) is -1.28. The summed E-state index contributed by atoms with van der Waals surface area (Å²) in [4.78, 5) is 26.1. The zero-order valence-electron chi connectivity index (χ0n) is 21.8. The summed E-state index contributed by atoms with van der Waals surface area (Å²) in [6.45, 7) is 4.58. The van der Waals surface area contributed by atoms with Crippen molar-refractivity contribution in [2.24, 2.45) is 11.8 Å². The van der Waals surface area contributed by atoms with Crippen LogP contribution in [-0.4, -0.2) is 55.2 Å². The normalized spacial score (nSPS) is 26.0. The largest absolute Gasteiger partial charge is 0.834 e. The molecular weight excluding hydrogens is 464 g/mol. The van der Waals surface area contributed by atoms with E-state index in [9.17, 15) is 14.7 Å². The second kappa shape index (κ2) is 11.4. The molecule has 0 aromatic heterocycles. The summed E-state index contributed by atoms with van der Waals surface area (Å²) in [5, 5.41) is 17.4. The van der Waals surface area contributed by atoms with Crippen LogP contribution in [0.4, 0.5) is 0 Å². The fourth-order valence-corrected chi connectivity index (χ4v) is 6.77. The average molecular weight is 505 g/mol. The van der Waals surface area contributed by atoms with Crippen molar-refractivity contribution in [1.82, 2.24) is 5.32 Å². The molecule has 6 heteroatoms. The lowest BCUT2D eigenvalue weighted by molar-refractivity contribution is -0.946. The van der Waals surface area contributed by atoms with Crippen LogP contribution in [0.5, 0.6) is 0 Å². The zero-order chi connectivity index (χ0) is 25.7. The molecule has 6 rings (SSSR count). The first-order chi connectivity index (χ1) is 18.0. The maximum absolute atomic E-state index is 14.3. The molecule has 1 saturated carbocycles. The molecule has 0 radical (unpaired) electrons. The topological polar surface area (TPSA) is 78.5 Å². The Kier molecular flexibility index (Phi) is 7.96. The van der Waals surface area contributed by atoms with Crippen LogP contribution in [0.1, 0.15) is 62.5 Å². The van der Waals surface area contributed by atoms with Crippen LogP contribution < -0.4 is 10.4 Å². The highest BCUT2D eigenvalue weighted by Crippen LogP contribution is 2.37. The van der Waals surface area contributed by atoms with Crippen molar-refractivity contribution in [3.63, 3.8) is 0 Å². The van der Waals surface area contributed by atoms with E-state index in [1.807, 2.05) is 12.1 Å². The van der Waals surface area contributed by atoms with E-state index in [2.05, 4.69) is 5.32 Å². The Hall–Kier alpha value is -2.70. The van der Waals surface area contributed by atoms with E-state index in [0.717, 1.165) is 62.8 Å². The van der Waals surface area contributed by atoms with E-state index in [-0.39, 0.29) is 17.9 Å². The Morgan fingerprint density at radius 1 is 0.892 bits per heavy atom. The number of nitrogens with zero attached hydrogens (tertiary/aromatic N) is 1. The Morgan fingerprint density at radius 3 is 2.08 bits per heavy atom. The molecule has 6 nitrogen and oxygen atoms in total. The molecule has 3 heterocycles. The standard InChI is InChI=1S/C31H40N2O4/c34-29(25-11-4-1-5-12-25)32-19-10-20-33-21-17-24(18-22-33)28(23-33)37-30(35)31(36,26-13-6-2-7-14-26)27-15-8-3-9-16-27/h2-3,6-9,13-16,24-25,28H,1,4-5,10-12,17-23H2,(H,32,34). The average Bonchev–Trinajstić information content (AvgIpc) is 2.96. The number of rotatable bonds is 9. The predicted molar refractivity (Wildman–Crippen MR) is 140 cm³/mol. The lowest BCUT2D eigenvalue weighted by Crippen LogP contribution is -2.65. The molecule has 37 heavy (non-hydrogen) atoms. The summed E-state index contributed by atoms with van der Waals surface area (Å²) >= 11 is 0. The van der Waals surface area contributed by atoms with Crippen LogP contribution in [0, 0.1) is 11.8 Å². The molecule has 1 amide bonds. The van der Waals surface area contributed by atoms with Crippen LogP contribution >= 0.6 is 0 Å². The van der Waals surface area contributed by atoms with Crippen molar-refractivity contribution < 1.29 is 23.9 Å². The second-order valence-corrected chi connectivity index (χ2v) is 11.4. The van der Waals surface area contributed by atoms with Crippen molar-refractivity contribution >= 4 is 11.9 Å². The summed E-state index contributed by atoms with van der Waals surface area (Å²) < 4.78 is 7.02. The van der Waals surface area contributed by atoms with Gasteiger partial charge in [0.1, 0.15) is 6.54 Å². The van der Waals surface area contributed by atoms with Crippen molar-refractivity contribution in [3.8, 4) is 0 Å². The molecule has 2 bridgehead atoms. The molecule has 3 saturated heterocycles. The highest BCUT2D eigenvalue weighted by molar-refractivity contribution is 5.85. The highest BCUT2D eigenvalue weighted by Gasteiger charge is 2.48. The van der Waals surface area contributed by atoms with Crippen LogP contribution in [0.2, 0.25) is 0 Å². The zero-order valence-corrected chi connectivity index (χ0v) is 21.8. The molecule has 198 valence electrons. The molecular formula is C31H40N2O4. The Labute approximate surface area is 220 Å². The van der Waals surface area contributed by atoms with Gasteiger partial charge in [-0.15, -0.1) is 0 Å². The first kappa shape index (κ1) is 25.9. The molecule has 2 aromatic rings. The van der Waals surface area contributed by atoms with Gasteiger partial charge in [0, 0.05) is 43.2 Å². The van der Waals surface area contributed by atoms with E-state index in [1.165, 1.54) is 19.3 Å². The lowest BCUT2D eigenvalue weighted by atomic mass is 9.82. The van der Waals surface area contributed by atoms with Gasteiger partial charge in [-0.25, -0.2) is 0 Å². The maximum Gasteiger partial charge on any atom is 0.304 e. The van der Waals surface area contributed by atoms with Crippen molar-refractivity contribution in [2.75, 3.05) is 32.7 Å². The summed E-state index contributed by atoms with van der Waals surface area (Å²) in [7, 11) is 0. The summed E-state index contributed by atoms with van der Waals surface area (Å²) in [6.07, 6.45) is 8.32. The van der Waals surface area contributed by atoms with E-state index >= 15 is 0 Å². The number of carbonyl (C=O) groups is 2. The highest BCUT2D eigenvalue weighted by atomic mass is 16.6. The molecule has 4 aliphatic rings. The third kappa shape index (κ3) is 5.60. The predicted octanol–water partition coefficient (Wildman–Crippen LogP) is 3.53. The van der Waals surface area contributed by atoms with Gasteiger partial charge >= 0.3 is 5.97 Å². The van der Waals surface area contributed by atoms with Gasteiger partial charge in [-0.1, -0.05) is 79.9 Å². The van der Waals surface area contributed by atoms with Gasteiger partial charge in [0.25, 0.3) is 0 Å². The number of fused-ring (bicyclic) bond motifs is 3. The minimum atomic E-state index is -2.09. The van der Waals surface area contributed by atoms with Gasteiger partial charge in [0.15, 0.2) is 6.10 Å². The molecule has 1 atom stereocenters. The fourth-order valence-electron chi connectivity index (χ4n) is 6.77. The van der Waals surface area contributed by atoms with Gasteiger partial charge in [-0.3, -0.25) is 9.59 Å². The molecule has 1 unspecified atom stereocenters. The molecule has 0 spiro atoms. The fraction of sp³-hybridized carbons (Fsp3) is 0.548. The van der Waals surface area contributed by atoms with Crippen LogP contribution in [0.25, 0.3) is 0 Å². The van der Waals surface area contributed by atoms with E-state index < -0.39 is 11.6 Å². The monoisotopic (exact) mass is 504 g/mol. The lowest BCUT2D eigenvalue weighted by Gasteiger charge is -2.53. The number of ether oxygens (including phenoxy) is 1. The van der Waals surface area contributed by atoms with Crippen LogP contribution in [-0.2, 0) is 19.9 Å². The number of carbonyl (C=O) groups excluding carboxylic acids is 2. The van der Waals surface area contributed by atoms with Gasteiger partial charge in [0.05, 0.1) is 19.6 Å². The molecule has 4 fully saturated rings. The number of benzene rings is 2. The van der Waals surface area contributed by atoms with E-state index in [1.54, 1.807) is 48.5 Å². The number of piperidine rings is 3.